The average Bonchev–Trinajstić information content (AvgIpc) is 2.60. The zero-order valence-electron chi connectivity index (χ0n) is 13.2. The summed E-state index contributed by atoms with van der Waals surface area (Å²) in [5.74, 6) is 0.0795. The van der Waals surface area contributed by atoms with E-state index in [9.17, 15) is 9.59 Å². The van der Waals surface area contributed by atoms with Crippen molar-refractivity contribution in [3.05, 3.63) is 46.2 Å². The van der Waals surface area contributed by atoms with Crippen molar-refractivity contribution in [2.75, 3.05) is 31.5 Å². The standard InChI is InChI=1S/C16H15Cl2N5O2/c17-11-7-12(18)9-13(8-11)20-16-19-2-1-14(21-16)15(25)23-5-3-22(10-24)4-6-23/h1-2,7-10H,3-6H2,(H,19,20,21). The molecule has 2 aromatic rings. The topological polar surface area (TPSA) is 78.4 Å². The number of rotatable bonds is 4. The quantitative estimate of drug-likeness (QED) is 0.825. The van der Waals surface area contributed by atoms with Crippen LogP contribution in [-0.4, -0.2) is 58.3 Å². The van der Waals surface area contributed by atoms with Gasteiger partial charge < -0.3 is 15.1 Å². The van der Waals surface area contributed by atoms with Gasteiger partial charge in [0.2, 0.25) is 12.4 Å². The fourth-order valence-electron chi connectivity index (χ4n) is 2.49. The third-order valence-corrected chi connectivity index (χ3v) is 4.18. The molecule has 1 aliphatic rings. The molecule has 1 aliphatic heterocycles. The van der Waals surface area contributed by atoms with Crippen molar-refractivity contribution in [1.29, 1.82) is 0 Å². The largest absolute Gasteiger partial charge is 0.342 e. The Labute approximate surface area is 154 Å². The first-order valence-electron chi connectivity index (χ1n) is 7.60. The van der Waals surface area contributed by atoms with Crippen molar-refractivity contribution in [2.45, 2.75) is 0 Å². The van der Waals surface area contributed by atoms with Gasteiger partial charge in [0, 0.05) is 48.1 Å². The van der Waals surface area contributed by atoms with Crippen LogP contribution >= 0.6 is 23.2 Å². The monoisotopic (exact) mass is 379 g/mol. The van der Waals surface area contributed by atoms with Gasteiger partial charge in [0.15, 0.2) is 0 Å². The van der Waals surface area contributed by atoms with Crippen molar-refractivity contribution in [1.82, 2.24) is 19.8 Å². The molecule has 0 atom stereocenters. The van der Waals surface area contributed by atoms with Gasteiger partial charge in [-0.25, -0.2) is 9.97 Å². The number of amides is 2. The fourth-order valence-corrected chi connectivity index (χ4v) is 3.01. The van der Waals surface area contributed by atoms with E-state index in [1.807, 2.05) is 0 Å². The minimum atomic E-state index is -0.194. The summed E-state index contributed by atoms with van der Waals surface area (Å²) in [7, 11) is 0. The summed E-state index contributed by atoms with van der Waals surface area (Å²) in [6.07, 6.45) is 2.31. The number of nitrogens with one attached hydrogen (secondary N) is 1. The highest BCUT2D eigenvalue weighted by Crippen LogP contribution is 2.24. The lowest BCUT2D eigenvalue weighted by Crippen LogP contribution is -2.48. The Bertz CT molecular complexity index is 774. The van der Waals surface area contributed by atoms with Crippen LogP contribution in [0.15, 0.2) is 30.5 Å². The van der Waals surface area contributed by atoms with E-state index in [-0.39, 0.29) is 17.5 Å². The molecule has 2 amide bonds. The Morgan fingerprint density at radius 1 is 1.12 bits per heavy atom. The van der Waals surface area contributed by atoms with Crippen LogP contribution in [0.2, 0.25) is 10.0 Å². The van der Waals surface area contributed by atoms with Crippen LogP contribution in [0.1, 0.15) is 10.5 Å². The molecule has 1 fully saturated rings. The van der Waals surface area contributed by atoms with Crippen LogP contribution < -0.4 is 5.32 Å². The number of hydrogen-bond acceptors (Lipinski definition) is 5. The number of nitrogens with zero attached hydrogens (tertiary/aromatic N) is 4. The van der Waals surface area contributed by atoms with Crippen LogP contribution in [0.4, 0.5) is 11.6 Å². The average molecular weight is 380 g/mol. The van der Waals surface area contributed by atoms with E-state index in [4.69, 9.17) is 23.2 Å². The smallest absolute Gasteiger partial charge is 0.272 e. The molecular weight excluding hydrogens is 365 g/mol. The highest BCUT2D eigenvalue weighted by Gasteiger charge is 2.22. The highest BCUT2D eigenvalue weighted by atomic mass is 35.5. The summed E-state index contributed by atoms with van der Waals surface area (Å²) in [4.78, 5) is 35.0. The van der Waals surface area contributed by atoms with Crippen molar-refractivity contribution in [2.24, 2.45) is 0 Å². The molecule has 1 saturated heterocycles. The Hall–Kier alpha value is -2.38. The number of carbonyl (C=O) groups is 2. The first-order chi connectivity index (χ1) is 12.0. The maximum Gasteiger partial charge on any atom is 0.272 e. The Kier molecular flexibility index (Phi) is 5.35. The van der Waals surface area contributed by atoms with Gasteiger partial charge in [0.25, 0.3) is 5.91 Å². The number of hydrogen-bond donors (Lipinski definition) is 1. The van der Waals surface area contributed by atoms with Gasteiger partial charge in [-0.05, 0) is 24.3 Å². The van der Waals surface area contributed by atoms with Gasteiger partial charge in [-0.3, -0.25) is 9.59 Å². The molecule has 0 unspecified atom stereocenters. The van der Waals surface area contributed by atoms with Gasteiger partial charge in [-0.1, -0.05) is 23.2 Å². The lowest BCUT2D eigenvalue weighted by Gasteiger charge is -2.32. The molecule has 0 bridgehead atoms. The lowest BCUT2D eigenvalue weighted by molar-refractivity contribution is -0.119. The molecule has 130 valence electrons. The number of aromatic nitrogens is 2. The van der Waals surface area contributed by atoms with E-state index >= 15 is 0 Å². The molecular formula is C16H15Cl2N5O2. The van der Waals surface area contributed by atoms with E-state index in [0.717, 1.165) is 6.41 Å². The predicted molar refractivity (Wildman–Crippen MR) is 95.3 cm³/mol. The number of benzene rings is 1. The zero-order valence-corrected chi connectivity index (χ0v) is 14.7. The number of anilines is 2. The van der Waals surface area contributed by atoms with Crippen molar-refractivity contribution >= 4 is 47.2 Å². The van der Waals surface area contributed by atoms with E-state index in [0.29, 0.717) is 41.9 Å². The zero-order chi connectivity index (χ0) is 17.8. The van der Waals surface area contributed by atoms with Gasteiger partial charge in [0.05, 0.1) is 0 Å². The fraction of sp³-hybridized carbons (Fsp3) is 0.250. The SMILES string of the molecule is O=CN1CCN(C(=O)c2ccnc(Nc3cc(Cl)cc(Cl)c3)n2)CC1. The summed E-state index contributed by atoms with van der Waals surface area (Å²) in [5.41, 5.74) is 0.909. The molecule has 25 heavy (non-hydrogen) atoms. The van der Waals surface area contributed by atoms with Gasteiger partial charge in [-0.15, -0.1) is 0 Å². The second-order valence-corrected chi connectivity index (χ2v) is 6.36. The molecule has 3 rings (SSSR count). The minimum Gasteiger partial charge on any atom is -0.342 e. The first kappa shape index (κ1) is 17.4. The van der Waals surface area contributed by atoms with Crippen LogP contribution in [0.25, 0.3) is 0 Å². The van der Waals surface area contributed by atoms with Crippen molar-refractivity contribution in [3.8, 4) is 0 Å². The number of carbonyl (C=O) groups excluding carboxylic acids is 2. The molecule has 1 N–H and O–H groups in total. The Morgan fingerprint density at radius 3 is 2.44 bits per heavy atom. The second kappa shape index (κ2) is 7.67. The van der Waals surface area contributed by atoms with Crippen LogP contribution in [0, 0.1) is 0 Å². The lowest BCUT2D eigenvalue weighted by atomic mass is 10.3. The number of piperazine rings is 1. The Morgan fingerprint density at radius 2 is 1.80 bits per heavy atom. The van der Waals surface area contributed by atoms with E-state index in [1.165, 1.54) is 6.20 Å². The molecule has 0 aliphatic carbocycles. The minimum absolute atomic E-state index is 0.194. The normalized spacial score (nSPS) is 14.3. The van der Waals surface area contributed by atoms with Crippen molar-refractivity contribution in [3.63, 3.8) is 0 Å². The van der Waals surface area contributed by atoms with Gasteiger partial charge in [0.1, 0.15) is 5.69 Å². The van der Waals surface area contributed by atoms with E-state index in [1.54, 1.807) is 34.1 Å². The molecule has 0 radical (unpaired) electrons. The summed E-state index contributed by atoms with van der Waals surface area (Å²) < 4.78 is 0. The molecule has 9 heteroatoms. The maximum atomic E-state index is 12.6. The predicted octanol–water partition coefficient (Wildman–Crippen LogP) is 2.44. The van der Waals surface area contributed by atoms with Crippen molar-refractivity contribution < 1.29 is 9.59 Å². The molecule has 1 aromatic heterocycles. The second-order valence-electron chi connectivity index (χ2n) is 5.48. The molecule has 1 aromatic carbocycles. The molecule has 7 nitrogen and oxygen atoms in total. The van der Waals surface area contributed by atoms with E-state index in [2.05, 4.69) is 15.3 Å². The summed E-state index contributed by atoms with van der Waals surface area (Å²) in [6, 6.07) is 6.55. The summed E-state index contributed by atoms with van der Waals surface area (Å²) in [6.45, 7) is 2.00. The highest BCUT2D eigenvalue weighted by molar-refractivity contribution is 6.35. The Balaban J connectivity index is 1.72. The number of halogens is 2. The maximum absolute atomic E-state index is 12.6. The summed E-state index contributed by atoms with van der Waals surface area (Å²) >= 11 is 11.9. The van der Waals surface area contributed by atoms with Crippen LogP contribution in [0.3, 0.4) is 0 Å². The first-order valence-corrected chi connectivity index (χ1v) is 8.35. The van der Waals surface area contributed by atoms with E-state index < -0.39 is 0 Å². The molecule has 2 heterocycles. The van der Waals surface area contributed by atoms with Gasteiger partial charge in [-0.2, -0.15) is 0 Å². The third kappa shape index (κ3) is 4.37. The van der Waals surface area contributed by atoms with Gasteiger partial charge >= 0.3 is 0 Å². The summed E-state index contributed by atoms with van der Waals surface area (Å²) in [5, 5.41) is 3.95. The van der Waals surface area contributed by atoms with Crippen LogP contribution in [0.5, 0.6) is 0 Å². The van der Waals surface area contributed by atoms with Crippen LogP contribution in [-0.2, 0) is 4.79 Å². The molecule has 0 spiro atoms. The third-order valence-electron chi connectivity index (χ3n) is 3.74. The molecule has 0 saturated carbocycles.